The van der Waals surface area contributed by atoms with Crippen LogP contribution in [-0.2, 0) is 18.6 Å². The van der Waals surface area contributed by atoms with E-state index in [1.807, 2.05) is 13.8 Å². The predicted molar refractivity (Wildman–Crippen MR) is 101 cm³/mol. The third-order valence-electron chi connectivity index (χ3n) is 5.78. The van der Waals surface area contributed by atoms with Gasteiger partial charge in [-0.2, -0.15) is 0 Å². The second kappa shape index (κ2) is 7.56. The van der Waals surface area contributed by atoms with Gasteiger partial charge >= 0.3 is 0 Å². The Bertz CT molecular complexity index is 446. The van der Waals surface area contributed by atoms with E-state index >= 15 is 0 Å². The lowest BCUT2D eigenvalue weighted by molar-refractivity contribution is -0.237. The molecule has 0 aromatic rings. The molecule has 0 spiro atoms. The van der Waals surface area contributed by atoms with Crippen LogP contribution in [0.3, 0.4) is 0 Å². The second-order valence-corrected chi connectivity index (χ2v) is 14.5. The van der Waals surface area contributed by atoms with Crippen LogP contribution in [0.5, 0.6) is 0 Å². The molecule has 5 nitrogen and oxygen atoms in total. The van der Waals surface area contributed by atoms with Gasteiger partial charge in [-0.15, -0.1) is 0 Å². The van der Waals surface area contributed by atoms with Gasteiger partial charge in [0.2, 0.25) is 0 Å². The van der Waals surface area contributed by atoms with Gasteiger partial charge in [-0.1, -0.05) is 27.7 Å². The summed E-state index contributed by atoms with van der Waals surface area (Å²) in [5.41, 5.74) is 0. The van der Waals surface area contributed by atoms with Crippen molar-refractivity contribution in [3.63, 3.8) is 0 Å². The molecule has 148 valence electrons. The van der Waals surface area contributed by atoms with E-state index in [1.165, 1.54) is 0 Å². The fraction of sp³-hybridized carbons (Fsp3) is 1.00. The summed E-state index contributed by atoms with van der Waals surface area (Å²) >= 11 is 0. The van der Waals surface area contributed by atoms with Crippen LogP contribution >= 0.6 is 0 Å². The van der Waals surface area contributed by atoms with Crippen LogP contribution in [0.15, 0.2) is 0 Å². The summed E-state index contributed by atoms with van der Waals surface area (Å²) in [6.07, 6.45) is 1.66. The molecule has 0 unspecified atom stereocenters. The Morgan fingerprint density at radius 3 is 2.40 bits per heavy atom. The Morgan fingerprint density at radius 1 is 1.24 bits per heavy atom. The smallest absolute Gasteiger partial charge is 0.192 e. The molecule has 6 heteroatoms. The van der Waals surface area contributed by atoms with E-state index in [0.717, 1.165) is 12.8 Å². The molecule has 0 bridgehead atoms. The van der Waals surface area contributed by atoms with Gasteiger partial charge in [0.1, 0.15) is 6.10 Å². The topological polar surface area (TPSA) is 60.5 Å². The number of aliphatic hydroxyl groups is 1. The Kier molecular flexibility index (Phi) is 6.45. The maximum absolute atomic E-state index is 9.32. The van der Waals surface area contributed by atoms with Crippen molar-refractivity contribution < 1.29 is 23.7 Å². The van der Waals surface area contributed by atoms with Gasteiger partial charge in [0.15, 0.2) is 14.1 Å². The van der Waals surface area contributed by atoms with E-state index < -0.39 is 14.1 Å². The van der Waals surface area contributed by atoms with Gasteiger partial charge in [0, 0.05) is 6.42 Å². The quantitative estimate of drug-likeness (QED) is 0.567. The highest BCUT2D eigenvalue weighted by Gasteiger charge is 2.47. The summed E-state index contributed by atoms with van der Waals surface area (Å²) in [4.78, 5) is 0. The number of epoxide rings is 1. The van der Waals surface area contributed by atoms with Crippen molar-refractivity contribution in [2.75, 3.05) is 13.2 Å². The molecule has 2 aliphatic rings. The van der Waals surface area contributed by atoms with Gasteiger partial charge in [-0.3, -0.25) is 0 Å². The first kappa shape index (κ1) is 21.3. The minimum atomic E-state index is -1.95. The van der Waals surface area contributed by atoms with E-state index in [1.54, 1.807) is 0 Å². The molecule has 5 atom stereocenters. The summed E-state index contributed by atoms with van der Waals surface area (Å²) < 4.78 is 24.6. The van der Waals surface area contributed by atoms with Crippen molar-refractivity contribution in [1.29, 1.82) is 0 Å². The fourth-order valence-electron chi connectivity index (χ4n) is 3.09. The molecule has 0 saturated carbocycles. The summed E-state index contributed by atoms with van der Waals surface area (Å²) in [5, 5.41) is 9.46. The molecule has 25 heavy (non-hydrogen) atoms. The first-order chi connectivity index (χ1) is 11.3. The van der Waals surface area contributed by atoms with E-state index in [4.69, 9.17) is 18.6 Å². The number of aliphatic hydroxyl groups excluding tert-OH is 1. The lowest BCUT2D eigenvalue weighted by Crippen LogP contribution is -2.49. The molecular weight excluding hydrogens is 336 g/mol. The van der Waals surface area contributed by atoms with Gasteiger partial charge in [-0.05, 0) is 44.3 Å². The normalized spacial score (nSPS) is 34.4. The molecule has 2 heterocycles. The van der Waals surface area contributed by atoms with Crippen LogP contribution in [0.25, 0.3) is 0 Å². The summed E-state index contributed by atoms with van der Waals surface area (Å²) in [6, 6.07) is 0. The molecule has 2 aliphatic heterocycles. The molecule has 0 aromatic heterocycles. The molecule has 2 rings (SSSR count). The first-order valence-electron chi connectivity index (χ1n) is 9.60. The largest absolute Gasteiger partial charge is 0.411 e. The monoisotopic (exact) mass is 374 g/mol. The Hall–Kier alpha value is 0.0169. The van der Waals surface area contributed by atoms with Crippen LogP contribution in [0.1, 0.15) is 54.4 Å². The standard InChI is InChI=1S/C19H38O5Si/c1-13-9-15(23-19(5,6)21-12-13)16(10-14-17(11-20)22-14)24-25(7,8)18(2,3)4/h13-17,20H,9-12H2,1-8H3/t13-,14+,15+,16+,17+/m1/s1. The Labute approximate surface area is 154 Å². The zero-order valence-corrected chi connectivity index (χ0v) is 18.3. The highest BCUT2D eigenvalue weighted by atomic mass is 28.4. The Morgan fingerprint density at radius 2 is 1.88 bits per heavy atom. The minimum Gasteiger partial charge on any atom is -0.411 e. The lowest BCUT2D eigenvalue weighted by atomic mass is 9.97. The van der Waals surface area contributed by atoms with Crippen LogP contribution in [0, 0.1) is 5.92 Å². The highest BCUT2D eigenvalue weighted by molar-refractivity contribution is 6.74. The zero-order valence-electron chi connectivity index (χ0n) is 17.3. The van der Waals surface area contributed by atoms with Crippen molar-refractivity contribution in [2.24, 2.45) is 5.92 Å². The highest BCUT2D eigenvalue weighted by Crippen LogP contribution is 2.41. The van der Waals surface area contributed by atoms with Gasteiger partial charge < -0.3 is 23.7 Å². The number of ether oxygens (including phenoxy) is 3. The van der Waals surface area contributed by atoms with E-state index in [-0.39, 0.29) is 36.1 Å². The number of hydrogen-bond acceptors (Lipinski definition) is 5. The number of rotatable bonds is 6. The molecule has 0 aromatic carbocycles. The van der Waals surface area contributed by atoms with Gasteiger partial charge in [-0.25, -0.2) is 0 Å². The zero-order chi connectivity index (χ0) is 19.0. The lowest BCUT2D eigenvalue weighted by Gasteiger charge is -2.42. The SMILES string of the molecule is C[C@H]1COC(C)(C)O[C@H]([C@H](C[C@@H]2O[C@H]2CO)O[Si](C)(C)C(C)(C)C)C1. The number of hydrogen-bond donors (Lipinski definition) is 1. The summed E-state index contributed by atoms with van der Waals surface area (Å²) in [7, 11) is -1.95. The second-order valence-electron chi connectivity index (χ2n) is 9.76. The van der Waals surface area contributed by atoms with Gasteiger partial charge in [0.25, 0.3) is 0 Å². The third-order valence-corrected chi connectivity index (χ3v) is 10.3. The maximum Gasteiger partial charge on any atom is 0.192 e. The summed E-state index contributed by atoms with van der Waals surface area (Å²) in [5.74, 6) is -0.184. The minimum absolute atomic E-state index is 0.0230. The van der Waals surface area contributed by atoms with Crippen molar-refractivity contribution in [1.82, 2.24) is 0 Å². The van der Waals surface area contributed by atoms with Crippen LogP contribution in [0.4, 0.5) is 0 Å². The predicted octanol–water partition coefficient (Wildman–Crippen LogP) is 3.70. The molecule has 2 saturated heterocycles. The van der Waals surface area contributed by atoms with Crippen LogP contribution < -0.4 is 0 Å². The average molecular weight is 375 g/mol. The Balaban J connectivity index is 2.17. The molecular formula is C19H38O5Si. The average Bonchev–Trinajstić information content (AvgIpc) is 3.21. The maximum atomic E-state index is 9.32. The molecule has 0 radical (unpaired) electrons. The van der Waals surface area contributed by atoms with E-state index in [2.05, 4.69) is 40.8 Å². The first-order valence-corrected chi connectivity index (χ1v) is 12.5. The van der Waals surface area contributed by atoms with Crippen molar-refractivity contribution in [3.05, 3.63) is 0 Å². The molecule has 2 fully saturated rings. The van der Waals surface area contributed by atoms with Crippen LogP contribution in [-0.4, -0.2) is 56.8 Å². The molecule has 0 aliphatic carbocycles. The van der Waals surface area contributed by atoms with Crippen LogP contribution in [0.2, 0.25) is 18.1 Å². The third kappa shape index (κ3) is 5.74. The van der Waals surface area contributed by atoms with Crippen molar-refractivity contribution in [2.45, 2.75) is 103 Å². The summed E-state index contributed by atoms with van der Waals surface area (Å²) in [6.45, 7) is 18.3. The fourth-order valence-corrected chi connectivity index (χ4v) is 4.45. The molecule has 1 N–H and O–H groups in total. The van der Waals surface area contributed by atoms with E-state index in [0.29, 0.717) is 12.5 Å². The van der Waals surface area contributed by atoms with Crippen molar-refractivity contribution in [3.8, 4) is 0 Å². The van der Waals surface area contributed by atoms with Crippen molar-refractivity contribution >= 4 is 8.32 Å². The molecule has 0 amide bonds. The van der Waals surface area contributed by atoms with Gasteiger partial charge in [0.05, 0.1) is 31.5 Å². The van der Waals surface area contributed by atoms with E-state index in [9.17, 15) is 5.11 Å².